The van der Waals surface area contributed by atoms with E-state index in [0.29, 0.717) is 12.0 Å². The quantitative estimate of drug-likeness (QED) is 0.862. The number of carboxylic acid groups (broad SMARTS) is 1. The molecule has 0 amide bonds. The summed E-state index contributed by atoms with van der Waals surface area (Å²) in [4.78, 5) is 11.8. The Balaban J connectivity index is 2.24. The van der Waals surface area contributed by atoms with Crippen molar-refractivity contribution in [2.24, 2.45) is 0 Å². The van der Waals surface area contributed by atoms with Gasteiger partial charge < -0.3 is 5.11 Å². The number of rotatable bonds is 5. The molecule has 1 atom stereocenters. The van der Waals surface area contributed by atoms with Crippen LogP contribution in [0, 0.1) is 0 Å². The highest BCUT2D eigenvalue weighted by molar-refractivity contribution is 5.80. The molecule has 1 aliphatic carbocycles. The Morgan fingerprint density at radius 1 is 1.25 bits per heavy atom. The van der Waals surface area contributed by atoms with Crippen LogP contribution in [0.1, 0.15) is 63.5 Å². The molecule has 20 heavy (non-hydrogen) atoms. The molecule has 0 bridgehead atoms. The minimum absolute atomic E-state index is 0.320. The molecule has 1 aromatic rings. The molecule has 0 heterocycles. The van der Waals surface area contributed by atoms with Crippen molar-refractivity contribution in [2.75, 3.05) is 0 Å². The van der Waals surface area contributed by atoms with Gasteiger partial charge in [0.05, 0.1) is 0 Å². The number of hydrogen-bond donors (Lipinski definition) is 2. The highest BCUT2D eigenvalue weighted by Crippen LogP contribution is 2.28. The average molecular weight is 275 g/mol. The first-order valence-electron chi connectivity index (χ1n) is 7.55. The molecular weight excluding hydrogens is 250 g/mol. The van der Waals surface area contributed by atoms with Crippen molar-refractivity contribution in [1.29, 1.82) is 0 Å². The number of nitrogens with one attached hydrogen (secondary N) is 1. The molecule has 0 aliphatic heterocycles. The molecule has 3 heteroatoms. The van der Waals surface area contributed by atoms with E-state index in [1.54, 1.807) is 6.92 Å². The van der Waals surface area contributed by atoms with Crippen molar-refractivity contribution >= 4 is 5.97 Å². The number of carbonyl (C=O) groups is 1. The first-order valence-corrected chi connectivity index (χ1v) is 7.55. The minimum Gasteiger partial charge on any atom is -0.480 e. The predicted molar refractivity (Wildman–Crippen MR) is 80.9 cm³/mol. The summed E-state index contributed by atoms with van der Waals surface area (Å²) in [6, 6.07) is 8.30. The van der Waals surface area contributed by atoms with Crippen molar-refractivity contribution < 1.29 is 9.90 Å². The maximum absolute atomic E-state index is 11.8. The van der Waals surface area contributed by atoms with E-state index in [1.807, 2.05) is 24.3 Å². The molecule has 3 nitrogen and oxygen atoms in total. The molecule has 0 radical (unpaired) electrons. The number of hydrogen-bond acceptors (Lipinski definition) is 2. The Labute approximate surface area is 121 Å². The summed E-state index contributed by atoms with van der Waals surface area (Å²) in [6.45, 7) is 6.06. The van der Waals surface area contributed by atoms with Crippen molar-refractivity contribution in [1.82, 2.24) is 5.32 Å². The minimum atomic E-state index is -0.996. The summed E-state index contributed by atoms with van der Waals surface area (Å²) >= 11 is 0. The number of aliphatic carboxylic acids is 1. The summed E-state index contributed by atoms with van der Waals surface area (Å²) in [6.07, 6.45) is 4.54. The van der Waals surface area contributed by atoms with E-state index in [1.165, 1.54) is 18.4 Å². The van der Waals surface area contributed by atoms with Crippen molar-refractivity contribution in [3.8, 4) is 0 Å². The van der Waals surface area contributed by atoms with Crippen molar-refractivity contribution in [2.45, 2.75) is 64.0 Å². The van der Waals surface area contributed by atoms with Crippen LogP contribution in [0.4, 0.5) is 0 Å². The molecule has 0 spiro atoms. The summed E-state index contributed by atoms with van der Waals surface area (Å²) in [5, 5.41) is 13.0. The Hall–Kier alpha value is -1.35. The normalized spacial score (nSPS) is 19.2. The van der Waals surface area contributed by atoms with E-state index < -0.39 is 11.5 Å². The van der Waals surface area contributed by atoms with E-state index in [0.717, 1.165) is 18.4 Å². The number of benzene rings is 1. The second-order valence-corrected chi connectivity index (χ2v) is 6.33. The molecule has 1 aliphatic rings. The van der Waals surface area contributed by atoms with Gasteiger partial charge in [0.2, 0.25) is 0 Å². The lowest BCUT2D eigenvalue weighted by atomic mass is 9.89. The van der Waals surface area contributed by atoms with Crippen LogP contribution in [0.3, 0.4) is 0 Å². The summed E-state index contributed by atoms with van der Waals surface area (Å²) < 4.78 is 0. The van der Waals surface area contributed by atoms with Crippen LogP contribution in [0.5, 0.6) is 0 Å². The lowest BCUT2D eigenvalue weighted by molar-refractivity contribution is -0.145. The van der Waals surface area contributed by atoms with Crippen LogP contribution >= 0.6 is 0 Å². The molecule has 0 aromatic heterocycles. The third kappa shape index (κ3) is 3.04. The zero-order valence-corrected chi connectivity index (χ0v) is 12.6. The molecule has 0 saturated heterocycles. The van der Waals surface area contributed by atoms with E-state index in [4.69, 9.17) is 0 Å². The Morgan fingerprint density at radius 2 is 1.80 bits per heavy atom. The third-order valence-electron chi connectivity index (χ3n) is 4.43. The monoisotopic (exact) mass is 275 g/mol. The molecule has 1 unspecified atom stereocenters. The zero-order valence-electron chi connectivity index (χ0n) is 12.6. The molecule has 110 valence electrons. The van der Waals surface area contributed by atoms with Gasteiger partial charge in [0.25, 0.3) is 0 Å². The van der Waals surface area contributed by atoms with Gasteiger partial charge in [0, 0.05) is 6.04 Å². The van der Waals surface area contributed by atoms with Crippen LogP contribution < -0.4 is 5.32 Å². The fraction of sp³-hybridized carbons (Fsp3) is 0.588. The van der Waals surface area contributed by atoms with E-state index in [-0.39, 0.29) is 0 Å². The lowest BCUT2D eigenvalue weighted by Crippen LogP contribution is -2.50. The molecular formula is C17H25NO2. The zero-order chi connectivity index (χ0) is 14.8. The largest absolute Gasteiger partial charge is 0.480 e. The van der Waals surface area contributed by atoms with E-state index in [9.17, 15) is 9.90 Å². The first kappa shape index (κ1) is 15.0. The van der Waals surface area contributed by atoms with Crippen molar-refractivity contribution in [3.05, 3.63) is 35.4 Å². The fourth-order valence-corrected chi connectivity index (χ4v) is 2.95. The second kappa shape index (κ2) is 5.96. The standard InChI is InChI=1S/C17H25NO2/c1-12(2)13-8-10-14(11-9-13)17(3,16(19)20)18-15-6-4-5-7-15/h8-12,15,18H,4-7H2,1-3H3,(H,19,20). The van der Waals surface area contributed by atoms with Gasteiger partial charge in [-0.25, -0.2) is 4.79 Å². The van der Waals surface area contributed by atoms with Crippen molar-refractivity contribution in [3.63, 3.8) is 0 Å². The second-order valence-electron chi connectivity index (χ2n) is 6.33. The topological polar surface area (TPSA) is 49.3 Å². The van der Waals surface area contributed by atoms with Crippen LogP contribution in [-0.2, 0) is 10.3 Å². The van der Waals surface area contributed by atoms with Crippen LogP contribution in [0.15, 0.2) is 24.3 Å². The van der Waals surface area contributed by atoms with Crippen LogP contribution in [0.2, 0.25) is 0 Å². The van der Waals surface area contributed by atoms with Gasteiger partial charge in [-0.15, -0.1) is 0 Å². The molecule has 2 N–H and O–H groups in total. The summed E-state index contributed by atoms with van der Waals surface area (Å²) in [7, 11) is 0. The van der Waals surface area contributed by atoms with Crippen LogP contribution in [-0.4, -0.2) is 17.1 Å². The third-order valence-corrected chi connectivity index (χ3v) is 4.43. The highest BCUT2D eigenvalue weighted by Gasteiger charge is 2.37. The maximum atomic E-state index is 11.8. The predicted octanol–water partition coefficient (Wildman–Crippen LogP) is 3.64. The van der Waals surface area contributed by atoms with E-state index in [2.05, 4.69) is 19.2 Å². The Bertz CT molecular complexity index is 460. The maximum Gasteiger partial charge on any atom is 0.328 e. The first-order chi connectivity index (χ1) is 9.43. The Kier molecular flexibility index (Phi) is 4.48. The van der Waals surface area contributed by atoms with Crippen LogP contribution in [0.25, 0.3) is 0 Å². The fourth-order valence-electron chi connectivity index (χ4n) is 2.95. The van der Waals surface area contributed by atoms with Gasteiger partial charge in [-0.3, -0.25) is 5.32 Å². The average Bonchev–Trinajstić information content (AvgIpc) is 2.91. The van der Waals surface area contributed by atoms with Gasteiger partial charge in [0.15, 0.2) is 0 Å². The molecule has 1 fully saturated rings. The SMILES string of the molecule is CC(C)c1ccc(C(C)(NC2CCCC2)C(=O)O)cc1. The Morgan fingerprint density at radius 3 is 2.25 bits per heavy atom. The summed E-state index contributed by atoms with van der Waals surface area (Å²) in [5.41, 5.74) is 1.08. The van der Waals surface area contributed by atoms with Gasteiger partial charge in [0.1, 0.15) is 5.54 Å². The van der Waals surface area contributed by atoms with Gasteiger partial charge in [-0.2, -0.15) is 0 Å². The van der Waals surface area contributed by atoms with Gasteiger partial charge in [-0.05, 0) is 36.8 Å². The molecule has 2 rings (SSSR count). The van der Waals surface area contributed by atoms with Gasteiger partial charge in [-0.1, -0.05) is 51.0 Å². The molecule has 1 aromatic carbocycles. The molecule has 1 saturated carbocycles. The summed E-state index contributed by atoms with van der Waals surface area (Å²) in [5.74, 6) is -0.343. The number of carboxylic acids is 1. The van der Waals surface area contributed by atoms with Gasteiger partial charge >= 0.3 is 5.97 Å². The smallest absolute Gasteiger partial charge is 0.328 e. The highest BCUT2D eigenvalue weighted by atomic mass is 16.4. The van der Waals surface area contributed by atoms with E-state index >= 15 is 0 Å². The lowest BCUT2D eigenvalue weighted by Gasteiger charge is -2.30.